The first-order valence-corrected chi connectivity index (χ1v) is 8.62. The van der Waals surface area contributed by atoms with Gasteiger partial charge in [0.15, 0.2) is 5.71 Å². The highest BCUT2D eigenvalue weighted by molar-refractivity contribution is 6.54. The topological polar surface area (TPSA) is 61.8 Å². The molecule has 2 amide bonds. The average molecular weight is 355 g/mol. The molecule has 0 saturated heterocycles. The van der Waals surface area contributed by atoms with Gasteiger partial charge in [0.05, 0.1) is 12.2 Å². The number of carbonyl (C=O) groups is 2. The molecular formula is C22H17N3O2. The van der Waals surface area contributed by atoms with E-state index in [4.69, 9.17) is 0 Å². The molecule has 1 aliphatic heterocycles. The summed E-state index contributed by atoms with van der Waals surface area (Å²) >= 11 is 0. The normalized spacial score (nSPS) is 14.3. The fraction of sp³-hybridized carbons (Fsp3) is 0.0455. The van der Waals surface area contributed by atoms with Gasteiger partial charge in [0.1, 0.15) is 0 Å². The van der Waals surface area contributed by atoms with E-state index in [2.05, 4.69) is 10.5 Å². The number of fused-ring (bicyclic) bond motifs is 1. The molecular weight excluding hydrogens is 338 g/mol. The van der Waals surface area contributed by atoms with Crippen molar-refractivity contribution >= 4 is 23.2 Å². The number of hydrogen-bond acceptors (Lipinski definition) is 3. The molecule has 5 nitrogen and oxygen atoms in total. The minimum absolute atomic E-state index is 0.228. The summed E-state index contributed by atoms with van der Waals surface area (Å²) in [6, 6.07) is 26.0. The Balaban J connectivity index is 1.62. The van der Waals surface area contributed by atoms with E-state index in [9.17, 15) is 9.59 Å². The SMILES string of the molecule is O=C(N/N=C1/C(=O)N(Cc2ccccc2)c2ccccc21)c1ccccc1. The summed E-state index contributed by atoms with van der Waals surface area (Å²) in [7, 11) is 0. The molecule has 132 valence electrons. The lowest BCUT2D eigenvalue weighted by atomic mass is 10.1. The van der Waals surface area contributed by atoms with Gasteiger partial charge < -0.3 is 4.90 Å². The Morgan fingerprint density at radius 2 is 1.48 bits per heavy atom. The van der Waals surface area contributed by atoms with Gasteiger partial charge in [-0.3, -0.25) is 9.59 Å². The lowest BCUT2D eigenvalue weighted by Gasteiger charge is -2.16. The van der Waals surface area contributed by atoms with E-state index in [1.54, 1.807) is 29.2 Å². The average Bonchev–Trinajstić information content (AvgIpc) is 2.99. The highest BCUT2D eigenvalue weighted by Crippen LogP contribution is 2.30. The second kappa shape index (κ2) is 7.25. The van der Waals surface area contributed by atoms with Crippen molar-refractivity contribution in [1.29, 1.82) is 0 Å². The molecule has 5 heteroatoms. The van der Waals surface area contributed by atoms with Gasteiger partial charge in [0.25, 0.3) is 11.8 Å². The number of nitrogens with one attached hydrogen (secondary N) is 1. The van der Waals surface area contributed by atoms with Crippen molar-refractivity contribution in [2.75, 3.05) is 4.90 Å². The van der Waals surface area contributed by atoms with Crippen molar-refractivity contribution in [3.63, 3.8) is 0 Å². The fourth-order valence-electron chi connectivity index (χ4n) is 3.05. The molecule has 0 saturated carbocycles. The van der Waals surface area contributed by atoms with Crippen molar-refractivity contribution in [1.82, 2.24) is 5.43 Å². The summed E-state index contributed by atoms with van der Waals surface area (Å²) < 4.78 is 0. The summed E-state index contributed by atoms with van der Waals surface area (Å²) in [4.78, 5) is 26.9. The smallest absolute Gasteiger partial charge is 0.279 e. The Hall–Kier alpha value is -3.73. The van der Waals surface area contributed by atoms with Crippen LogP contribution in [0, 0.1) is 0 Å². The maximum atomic E-state index is 13.0. The molecule has 1 aliphatic rings. The maximum Gasteiger partial charge on any atom is 0.279 e. The van der Waals surface area contributed by atoms with Gasteiger partial charge in [0.2, 0.25) is 0 Å². The van der Waals surface area contributed by atoms with Crippen molar-refractivity contribution < 1.29 is 9.59 Å². The molecule has 0 bridgehead atoms. The molecule has 0 unspecified atom stereocenters. The zero-order valence-electron chi connectivity index (χ0n) is 14.5. The summed E-state index contributed by atoms with van der Waals surface area (Å²) in [6.45, 7) is 0.447. The number of para-hydroxylation sites is 1. The molecule has 4 rings (SSSR count). The number of benzene rings is 3. The van der Waals surface area contributed by atoms with Gasteiger partial charge >= 0.3 is 0 Å². The molecule has 0 aromatic heterocycles. The molecule has 1 heterocycles. The van der Waals surface area contributed by atoms with Crippen LogP contribution in [0.3, 0.4) is 0 Å². The van der Waals surface area contributed by atoms with Crippen LogP contribution in [0.4, 0.5) is 5.69 Å². The Morgan fingerprint density at radius 1 is 0.852 bits per heavy atom. The van der Waals surface area contributed by atoms with Crippen LogP contribution in [-0.4, -0.2) is 17.5 Å². The predicted octanol–water partition coefficient (Wildman–Crippen LogP) is 3.37. The monoisotopic (exact) mass is 355 g/mol. The Bertz CT molecular complexity index is 1010. The second-order valence-electron chi connectivity index (χ2n) is 6.16. The molecule has 3 aromatic rings. The first-order chi connectivity index (χ1) is 13.2. The van der Waals surface area contributed by atoms with Crippen molar-refractivity contribution in [2.24, 2.45) is 5.10 Å². The van der Waals surface area contributed by atoms with Crippen LogP contribution in [0.25, 0.3) is 0 Å². The van der Waals surface area contributed by atoms with Gasteiger partial charge in [-0.2, -0.15) is 5.10 Å². The first-order valence-electron chi connectivity index (χ1n) is 8.62. The van der Waals surface area contributed by atoms with Gasteiger partial charge in [-0.15, -0.1) is 0 Å². The number of nitrogens with zero attached hydrogens (tertiary/aromatic N) is 2. The number of hydrogen-bond donors (Lipinski definition) is 1. The van der Waals surface area contributed by atoms with Crippen LogP contribution in [-0.2, 0) is 11.3 Å². The summed E-state index contributed by atoms with van der Waals surface area (Å²) in [6.07, 6.45) is 0. The third kappa shape index (κ3) is 3.35. The van der Waals surface area contributed by atoms with Crippen molar-refractivity contribution in [2.45, 2.75) is 6.54 Å². The van der Waals surface area contributed by atoms with E-state index in [1.165, 1.54) is 0 Å². The van der Waals surface area contributed by atoms with E-state index >= 15 is 0 Å². The number of hydrazone groups is 1. The van der Waals surface area contributed by atoms with E-state index < -0.39 is 0 Å². The standard InChI is InChI=1S/C22H17N3O2/c26-21(17-11-5-2-6-12-17)24-23-20-18-13-7-8-14-19(18)25(22(20)27)15-16-9-3-1-4-10-16/h1-14H,15H2,(H,24,26)/b23-20+. The lowest BCUT2D eigenvalue weighted by molar-refractivity contribution is -0.112. The van der Waals surface area contributed by atoms with Crippen LogP contribution in [0.5, 0.6) is 0 Å². The predicted molar refractivity (Wildman–Crippen MR) is 105 cm³/mol. The molecule has 0 fully saturated rings. The quantitative estimate of drug-likeness (QED) is 0.730. The largest absolute Gasteiger partial charge is 0.302 e. The maximum absolute atomic E-state index is 13.0. The molecule has 0 spiro atoms. The Kier molecular flexibility index (Phi) is 4.49. The number of rotatable bonds is 4. The lowest BCUT2D eigenvalue weighted by Crippen LogP contribution is -2.31. The highest BCUT2D eigenvalue weighted by Gasteiger charge is 2.34. The third-order valence-electron chi connectivity index (χ3n) is 4.39. The zero-order valence-corrected chi connectivity index (χ0v) is 14.5. The second-order valence-corrected chi connectivity index (χ2v) is 6.16. The number of anilines is 1. The van der Waals surface area contributed by atoms with Gasteiger partial charge in [0, 0.05) is 11.1 Å². The Morgan fingerprint density at radius 3 is 2.22 bits per heavy atom. The minimum atomic E-state index is -0.352. The zero-order chi connectivity index (χ0) is 18.6. The molecule has 0 aliphatic carbocycles. The number of carbonyl (C=O) groups excluding carboxylic acids is 2. The summed E-state index contributed by atoms with van der Waals surface area (Å²) in [5.41, 5.74) is 5.76. The van der Waals surface area contributed by atoms with Crippen LogP contribution in [0.2, 0.25) is 0 Å². The third-order valence-corrected chi connectivity index (χ3v) is 4.39. The molecule has 0 atom stereocenters. The van der Waals surface area contributed by atoms with E-state index in [-0.39, 0.29) is 17.5 Å². The molecule has 3 aromatic carbocycles. The summed E-state index contributed by atoms with van der Waals surface area (Å²) in [5.74, 6) is -0.580. The molecule has 1 N–H and O–H groups in total. The van der Waals surface area contributed by atoms with Crippen LogP contribution >= 0.6 is 0 Å². The van der Waals surface area contributed by atoms with E-state index in [0.717, 1.165) is 11.3 Å². The minimum Gasteiger partial charge on any atom is -0.302 e. The first kappa shape index (κ1) is 16.7. The van der Waals surface area contributed by atoms with Gasteiger partial charge in [-0.25, -0.2) is 5.43 Å². The molecule has 0 radical (unpaired) electrons. The fourth-order valence-corrected chi connectivity index (χ4v) is 3.05. The summed E-state index contributed by atoms with van der Waals surface area (Å²) in [5, 5.41) is 4.14. The number of amides is 2. The highest BCUT2D eigenvalue weighted by atomic mass is 16.2. The van der Waals surface area contributed by atoms with Crippen molar-refractivity contribution in [3.05, 3.63) is 102 Å². The van der Waals surface area contributed by atoms with Gasteiger partial charge in [-0.05, 0) is 23.8 Å². The van der Waals surface area contributed by atoms with Crippen LogP contribution < -0.4 is 10.3 Å². The molecule has 27 heavy (non-hydrogen) atoms. The van der Waals surface area contributed by atoms with E-state index in [1.807, 2.05) is 60.7 Å². The van der Waals surface area contributed by atoms with Crippen LogP contribution in [0.1, 0.15) is 21.5 Å². The van der Waals surface area contributed by atoms with Crippen LogP contribution in [0.15, 0.2) is 90.0 Å². The van der Waals surface area contributed by atoms with Crippen molar-refractivity contribution in [3.8, 4) is 0 Å². The van der Waals surface area contributed by atoms with Gasteiger partial charge in [-0.1, -0.05) is 66.7 Å². The van der Waals surface area contributed by atoms with E-state index in [0.29, 0.717) is 17.7 Å². The Labute approximate surface area is 156 Å².